The number of carbonyl (C=O) groups is 1. The number of nitrogens with zero attached hydrogens (tertiary/aromatic N) is 3. The van der Waals surface area contributed by atoms with Crippen molar-refractivity contribution in [1.82, 2.24) is 9.97 Å². The molecule has 0 aromatic carbocycles. The molecule has 0 radical (unpaired) electrons. The molecule has 0 saturated heterocycles. The molecule has 2 aromatic rings. The molecular weight excluding hydrogens is 290 g/mol. The fourth-order valence-corrected chi connectivity index (χ4v) is 2.43. The van der Waals surface area contributed by atoms with Crippen molar-refractivity contribution in [2.24, 2.45) is 5.14 Å². The summed E-state index contributed by atoms with van der Waals surface area (Å²) in [4.78, 5) is 19.3. The maximum absolute atomic E-state index is 11.9. The van der Waals surface area contributed by atoms with Gasteiger partial charge in [-0.15, -0.1) is 15.6 Å². The monoisotopic (exact) mass is 299 g/mol. The van der Waals surface area contributed by atoms with Crippen molar-refractivity contribution in [1.29, 1.82) is 0 Å². The van der Waals surface area contributed by atoms with E-state index in [2.05, 4.69) is 15.3 Å². The Kier molecular flexibility index (Phi) is 3.74. The number of rotatable bonds is 3. The van der Waals surface area contributed by atoms with Gasteiger partial charge in [-0.3, -0.25) is 5.32 Å². The molecule has 0 unspecified atom stereocenters. The lowest BCUT2D eigenvalue weighted by molar-refractivity contribution is 0.259. The SMILES string of the molecule is NS(=O)(=O)N(C(=O)Nc1cccs1)c1ncccn1. The molecule has 10 heteroatoms. The van der Waals surface area contributed by atoms with Crippen LogP contribution in [0.25, 0.3) is 0 Å². The van der Waals surface area contributed by atoms with Crippen LogP contribution >= 0.6 is 11.3 Å². The highest BCUT2D eigenvalue weighted by atomic mass is 32.2. The van der Waals surface area contributed by atoms with Gasteiger partial charge in [-0.1, -0.05) is 0 Å². The molecule has 0 saturated carbocycles. The first kappa shape index (κ1) is 13.4. The van der Waals surface area contributed by atoms with Gasteiger partial charge in [0, 0.05) is 12.4 Å². The van der Waals surface area contributed by atoms with Crippen molar-refractivity contribution in [3.63, 3.8) is 0 Å². The predicted octanol–water partition coefficient (Wildman–Crippen LogP) is 0.780. The molecule has 0 spiro atoms. The molecule has 100 valence electrons. The minimum Gasteiger partial charge on any atom is -0.298 e. The zero-order valence-electron chi connectivity index (χ0n) is 9.42. The van der Waals surface area contributed by atoms with E-state index in [0.717, 1.165) is 0 Å². The minimum atomic E-state index is -4.32. The van der Waals surface area contributed by atoms with Crippen molar-refractivity contribution >= 4 is 38.5 Å². The van der Waals surface area contributed by atoms with Crippen LogP contribution in [0, 0.1) is 0 Å². The zero-order chi connectivity index (χ0) is 13.9. The van der Waals surface area contributed by atoms with Crippen LogP contribution in [0.4, 0.5) is 15.7 Å². The average Bonchev–Trinajstić information content (AvgIpc) is 2.81. The number of nitrogens with two attached hydrogens (primary N) is 1. The Morgan fingerprint density at radius 3 is 2.53 bits per heavy atom. The van der Waals surface area contributed by atoms with Crippen molar-refractivity contribution in [3.8, 4) is 0 Å². The smallest absolute Gasteiger partial charge is 0.298 e. The third-order valence-corrected chi connectivity index (χ3v) is 3.55. The number of thiophene rings is 1. The fourth-order valence-electron chi connectivity index (χ4n) is 1.22. The van der Waals surface area contributed by atoms with Gasteiger partial charge in [0.1, 0.15) is 0 Å². The van der Waals surface area contributed by atoms with Gasteiger partial charge in [-0.25, -0.2) is 19.9 Å². The number of carbonyl (C=O) groups excluding carboxylic acids is 1. The lowest BCUT2D eigenvalue weighted by Gasteiger charge is -2.17. The van der Waals surface area contributed by atoms with Crippen LogP contribution < -0.4 is 14.8 Å². The molecule has 2 rings (SSSR count). The summed E-state index contributed by atoms with van der Waals surface area (Å²) in [6.07, 6.45) is 2.61. The molecule has 19 heavy (non-hydrogen) atoms. The standard InChI is InChI=1S/C9H9N5O3S2/c10-19(16,17)14(8-11-4-2-5-12-8)9(15)13-7-3-1-6-18-7/h1-6H,(H,13,15)(H2,10,16,17). The molecule has 0 aliphatic heterocycles. The van der Waals surface area contributed by atoms with Gasteiger partial charge in [0.15, 0.2) is 0 Å². The Morgan fingerprint density at radius 2 is 2.00 bits per heavy atom. The summed E-state index contributed by atoms with van der Waals surface area (Å²) in [7, 11) is -4.32. The number of aromatic nitrogens is 2. The van der Waals surface area contributed by atoms with E-state index < -0.39 is 16.2 Å². The van der Waals surface area contributed by atoms with Gasteiger partial charge in [0.25, 0.3) is 0 Å². The fraction of sp³-hybridized carbons (Fsp3) is 0. The number of hydrogen-bond acceptors (Lipinski definition) is 6. The minimum absolute atomic E-state index is 0.298. The summed E-state index contributed by atoms with van der Waals surface area (Å²) in [6, 6.07) is 3.87. The molecule has 2 amide bonds. The van der Waals surface area contributed by atoms with Crippen LogP contribution in [0.1, 0.15) is 0 Å². The summed E-state index contributed by atoms with van der Waals surface area (Å²) in [5, 5.41) is 9.61. The number of urea groups is 1. The van der Waals surface area contributed by atoms with E-state index in [-0.39, 0.29) is 5.95 Å². The Balaban J connectivity index is 2.32. The van der Waals surface area contributed by atoms with Crippen LogP contribution in [0.5, 0.6) is 0 Å². The van der Waals surface area contributed by atoms with Crippen molar-refractivity contribution in [2.45, 2.75) is 0 Å². The van der Waals surface area contributed by atoms with Crippen LogP contribution in [0.2, 0.25) is 0 Å². The molecular formula is C9H9N5O3S2. The number of anilines is 2. The maximum Gasteiger partial charge on any atom is 0.344 e. The summed E-state index contributed by atoms with van der Waals surface area (Å²) in [5.41, 5.74) is 0. The lowest BCUT2D eigenvalue weighted by Crippen LogP contribution is -2.44. The lowest BCUT2D eigenvalue weighted by atomic mass is 10.6. The number of nitrogens with one attached hydrogen (secondary N) is 1. The van der Waals surface area contributed by atoms with Crippen LogP contribution in [-0.4, -0.2) is 24.4 Å². The Bertz CT molecular complexity index is 656. The molecule has 2 heterocycles. The van der Waals surface area contributed by atoms with Crippen LogP contribution in [0.15, 0.2) is 36.0 Å². The van der Waals surface area contributed by atoms with Crippen LogP contribution in [-0.2, 0) is 10.2 Å². The van der Waals surface area contributed by atoms with Crippen LogP contribution in [0.3, 0.4) is 0 Å². The average molecular weight is 299 g/mol. The van der Waals surface area contributed by atoms with E-state index in [1.54, 1.807) is 17.5 Å². The second-order valence-corrected chi connectivity index (χ2v) is 5.61. The second-order valence-electron chi connectivity index (χ2n) is 3.27. The molecule has 2 aromatic heterocycles. The van der Waals surface area contributed by atoms with Gasteiger partial charge in [0.05, 0.1) is 5.00 Å². The maximum atomic E-state index is 11.9. The molecule has 0 fully saturated rings. The molecule has 0 aliphatic carbocycles. The number of amides is 2. The Morgan fingerprint density at radius 1 is 1.32 bits per heavy atom. The third-order valence-electron chi connectivity index (χ3n) is 1.92. The van der Waals surface area contributed by atoms with Gasteiger partial charge >= 0.3 is 16.2 Å². The highest BCUT2D eigenvalue weighted by Gasteiger charge is 2.28. The molecule has 0 atom stereocenters. The number of hydrogen-bond donors (Lipinski definition) is 2. The quantitative estimate of drug-likeness (QED) is 0.868. The highest BCUT2D eigenvalue weighted by Crippen LogP contribution is 2.17. The van der Waals surface area contributed by atoms with Crippen molar-refractivity contribution in [2.75, 3.05) is 9.62 Å². The van der Waals surface area contributed by atoms with Crippen molar-refractivity contribution in [3.05, 3.63) is 36.0 Å². The summed E-state index contributed by atoms with van der Waals surface area (Å²) in [5.74, 6) is -0.320. The Labute approximate surface area is 113 Å². The van der Waals surface area contributed by atoms with Gasteiger partial charge in [0.2, 0.25) is 5.95 Å². The molecule has 0 aliphatic rings. The van der Waals surface area contributed by atoms with Gasteiger partial charge in [-0.05, 0) is 23.6 Å². The normalized spacial score (nSPS) is 11.0. The molecule has 8 nitrogen and oxygen atoms in total. The molecule has 0 bridgehead atoms. The first-order valence-corrected chi connectivity index (χ1v) is 7.31. The summed E-state index contributed by atoms with van der Waals surface area (Å²) >= 11 is 1.24. The van der Waals surface area contributed by atoms with E-state index in [4.69, 9.17) is 5.14 Å². The van der Waals surface area contributed by atoms with E-state index >= 15 is 0 Å². The topological polar surface area (TPSA) is 118 Å². The van der Waals surface area contributed by atoms with Crippen molar-refractivity contribution < 1.29 is 13.2 Å². The first-order valence-electron chi connectivity index (χ1n) is 4.93. The van der Waals surface area contributed by atoms with E-state index in [0.29, 0.717) is 9.31 Å². The Hall–Kier alpha value is -2.04. The van der Waals surface area contributed by atoms with E-state index in [1.165, 1.54) is 29.8 Å². The highest BCUT2D eigenvalue weighted by molar-refractivity contribution is 7.91. The zero-order valence-corrected chi connectivity index (χ0v) is 11.1. The van der Waals surface area contributed by atoms with Gasteiger partial charge in [-0.2, -0.15) is 8.42 Å². The van der Waals surface area contributed by atoms with Gasteiger partial charge < -0.3 is 0 Å². The summed E-state index contributed by atoms with van der Waals surface area (Å²) < 4.78 is 23.2. The summed E-state index contributed by atoms with van der Waals surface area (Å²) in [6.45, 7) is 0. The molecule has 3 N–H and O–H groups in total. The predicted molar refractivity (Wildman–Crippen MR) is 71.0 cm³/mol. The largest absolute Gasteiger partial charge is 0.344 e. The van der Waals surface area contributed by atoms with E-state index in [9.17, 15) is 13.2 Å². The third kappa shape index (κ3) is 3.24. The van der Waals surface area contributed by atoms with E-state index in [1.807, 2.05) is 0 Å². The first-order chi connectivity index (χ1) is 8.98. The second kappa shape index (κ2) is 5.30.